The average Bonchev–Trinajstić information content (AvgIpc) is 3.35. The molecule has 7 heteroatoms. The maximum atomic E-state index is 13.5. The number of carbonyl (C=O) groups excluding carboxylic acids is 1. The van der Waals surface area contributed by atoms with Crippen molar-refractivity contribution in [3.8, 4) is 5.69 Å². The molecule has 0 saturated carbocycles. The summed E-state index contributed by atoms with van der Waals surface area (Å²) in [5, 5.41) is 3.92. The molecule has 32 heavy (non-hydrogen) atoms. The number of nitrogens with one attached hydrogen (secondary N) is 1. The Morgan fingerprint density at radius 1 is 0.938 bits per heavy atom. The van der Waals surface area contributed by atoms with Gasteiger partial charge in [-0.3, -0.25) is 9.59 Å². The van der Waals surface area contributed by atoms with E-state index in [1.165, 1.54) is 0 Å². The predicted molar refractivity (Wildman–Crippen MR) is 128 cm³/mol. The average molecular weight is 445 g/mol. The molecular weight excluding hydrogens is 424 g/mol. The van der Waals surface area contributed by atoms with E-state index < -0.39 is 0 Å². The van der Waals surface area contributed by atoms with Gasteiger partial charge in [-0.15, -0.1) is 0 Å². The normalized spacial score (nSPS) is 13.5. The Hall–Kier alpha value is -3.64. The Labute approximate surface area is 190 Å². The zero-order valence-electron chi connectivity index (χ0n) is 17.3. The van der Waals surface area contributed by atoms with Gasteiger partial charge in [-0.1, -0.05) is 29.8 Å². The second kappa shape index (κ2) is 8.48. The van der Waals surface area contributed by atoms with Gasteiger partial charge in [0.1, 0.15) is 0 Å². The van der Waals surface area contributed by atoms with Crippen LogP contribution in [0.1, 0.15) is 23.2 Å². The number of halogens is 1. The molecule has 2 heterocycles. The summed E-state index contributed by atoms with van der Waals surface area (Å²) < 4.78 is 1.67. The quantitative estimate of drug-likeness (QED) is 0.486. The predicted octanol–water partition coefficient (Wildman–Crippen LogP) is 4.89. The number of para-hydroxylation sites is 1. The minimum absolute atomic E-state index is 0.146. The van der Waals surface area contributed by atoms with Crippen LogP contribution < -0.4 is 15.8 Å². The summed E-state index contributed by atoms with van der Waals surface area (Å²) in [6, 6.07) is 21.5. The molecule has 4 aromatic rings. The van der Waals surface area contributed by atoms with E-state index in [1.807, 2.05) is 30.3 Å². The highest BCUT2D eigenvalue weighted by molar-refractivity contribution is 6.30. The maximum absolute atomic E-state index is 13.5. The lowest BCUT2D eigenvalue weighted by Gasteiger charge is -2.22. The molecule has 0 aliphatic carbocycles. The third-order valence-corrected chi connectivity index (χ3v) is 5.87. The number of nitrogens with zero attached hydrogens (tertiary/aromatic N) is 3. The van der Waals surface area contributed by atoms with Crippen LogP contribution in [-0.4, -0.2) is 28.5 Å². The fourth-order valence-electron chi connectivity index (χ4n) is 3.99. The van der Waals surface area contributed by atoms with Crippen LogP contribution in [0.25, 0.3) is 16.6 Å². The van der Waals surface area contributed by atoms with Gasteiger partial charge < -0.3 is 10.2 Å². The van der Waals surface area contributed by atoms with Crippen molar-refractivity contribution in [2.24, 2.45) is 0 Å². The first-order chi connectivity index (χ1) is 15.6. The number of aromatic nitrogens is 2. The molecule has 1 saturated heterocycles. The molecule has 1 N–H and O–H groups in total. The van der Waals surface area contributed by atoms with Crippen LogP contribution in [0.5, 0.6) is 0 Å². The molecule has 0 radical (unpaired) electrons. The lowest BCUT2D eigenvalue weighted by atomic mass is 10.1. The summed E-state index contributed by atoms with van der Waals surface area (Å²) in [4.78, 5) is 33.3. The van der Waals surface area contributed by atoms with Crippen molar-refractivity contribution < 1.29 is 4.79 Å². The highest BCUT2D eigenvalue weighted by atomic mass is 35.5. The smallest absolute Gasteiger partial charge is 0.267 e. The van der Waals surface area contributed by atoms with E-state index in [0.717, 1.165) is 31.6 Å². The highest BCUT2D eigenvalue weighted by Crippen LogP contribution is 2.24. The molecule has 0 bridgehead atoms. The highest BCUT2D eigenvalue weighted by Gasteiger charge is 2.21. The molecule has 1 aliphatic rings. The van der Waals surface area contributed by atoms with Crippen LogP contribution in [0.4, 0.5) is 11.6 Å². The largest absolute Gasteiger partial charge is 0.342 e. The van der Waals surface area contributed by atoms with Crippen molar-refractivity contribution in [3.05, 3.63) is 93.7 Å². The summed E-state index contributed by atoms with van der Waals surface area (Å²) in [6.07, 6.45) is 2.12. The van der Waals surface area contributed by atoms with Gasteiger partial charge >= 0.3 is 0 Å². The van der Waals surface area contributed by atoms with E-state index in [0.29, 0.717) is 33.1 Å². The molecule has 1 fully saturated rings. The third-order valence-electron chi connectivity index (χ3n) is 5.62. The summed E-state index contributed by atoms with van der Waals surface area (Å²) in [5.74, 6) is 0.340. The van der Waals surface area contributed by atoms with Crippen LogP contribution in [-0.2, 0) is 0 Å². The first-order valence-corrected chi connectivity index (χ1v) is 10.9. The molecule has 1 aliphatic heterocycles. The molecule has 0 atom stereocenters. The Kier molecular flexibility index (Phi) is 5.37. The minimum Gasteiger partial charge on any atom is -0.342 e. The summed E-state index contributed by atoms with van der Waals surface area (Å²) >= 11 is 5.91. The lowest BCUT2D eigenvalue weighted by molar-refractivity contribution is 0.102. The second-order valence-corrected chi connectivity index (χ2v) is 8.21. The van der Waals surface area contributed by atoms with Gasteiger partial charge in [0, 0.05) is 29.4 Å². The van der Waals surface area contributed by atoms with Gasteiger partial charge in [0.25, 0.3) is 11.5 Å². The van der Waals surface area contributed by atoms with E-state index in [9.17, 15) is 9.59 Å². The fourth-order valence-corrected chi connectivity index (χ4v) is 4.12. The van der Waals surface area contributed by atoms with Gasteiger partial charge in [-0.25, -0.2) is 9.55 Å². The van der Waals surface area contributed by atoms with Crippen molar-refractivity contribution in [1.82, 2.24) is 9.55 Å². The Morgan fingerprint density at radius 2 is 1.66 bits per heavy atom. The molecule has 6 nitrogen and oxygen atoms in total. The number of fused-ring (bicyclic) bond motifs is 1. The molecule has 3 aromatic carbocycles. The molecule has 5 rings (SSSR count). The number of benzene rings is 3. The van der Waals surface area contributed by atoms with Crippen LogP contribution in [0.15, 0.2) is 77.6 Å². The first-order valence-electron chi connectivity index (χ1n) is 10.5. The number of amides is 1. The zero-order chi connectivity index (χ0) is 22.1. The molecule has 1 amide bonds. The van der Waals surface area contributed by atoms with Crippen molar-refractivity contribution in [3.63, 3.8) is 0 Å². The van der Waals surface area contributed by atoms with Gasteiger partial charge in [0.2, 0.25) is 5.95 Å². The Bertz CT molecular complexity index is 1340. The number of hydrogen-bond donors (Lipinski definition) is 1. The van der Waals surface area contributed by atoms with Gasteiger partial charge in [0.05, 0.1) is 16.6 Å². The lowest BCUT2D eigenvalue weighted by Crippen LogP contribution is -2.30. The van der Waals surface area contributed by atoms with E-state index in [-0.39, 0.29) is 11.5 Å². The van der Waals surface area contributed by atoms with Gasteiger partial charge in [0.15, 0.2) is 0 Å². The molecule has 160 valence electrons. The van der Waals surface area contributed by atoms with Crippen LogP contribution in [0.3, 0.4) is 0 Å². The SMILES string of the molecule is O=C(Nc1ccc(Cl)cc1)c1ccc2c(=O)n(-c3ccccc3)c(N3CCCC3)nc2c1. The van der Waals surface area contributed by atoms with Crippen molar-refractivity contribution in [2.75, 3.05) is 23.3 Å². The maximum Gasteiger partial charge on any atom is 0.267 e. The molecular formula is C25H21ClN4O2. The van der Waals surface area contributed by atoms with E-state index in [4.69, 9.17) is 16.6 Å². The summed E-state index contributed by atoms with van der Waals surface area (Å²) in [7, 11) is 0. The first kappa shape index (κ1) is 20.3. The monoisotopic (exact) mass is 444 g/mol. The summed E-state index contributed by atoms with van der Waals surface area (Å²) in [6.45, 7) is 1.70. The molecule has 1 aromatic heterocycles. The molecule has 0 unspecified atom stereocenters. The second-order valence-electron chi connectivity index (χ2n) is 7.78. The van der Waals surface area contributed by atoms with Crippen LogP contribution in [0.2, 0.25) is 5.02 Å². The van der Waals surface area contributed by atoms with E-state index >= 15 is 0 Å². The van der Waals surface area contributed by atoms with Crippen LogP contribution >= 0.6 is 11.6 Å². The van der Waals surface area contributed by atoms with Crippen molar-refractivity contribution in [1.29, 1.82) is 0 Å². The number of carbonyl (C=O) groups is 1. The summed E-state index contributed by atoms with van der Waals surface area (Å²) in [5.41, 5.74) is 2.22. The number of rotatable bonds is 4. The third kappa shape index (κ3) is 3.85. The van der Waals surface area contributed by atoms with E-state index in [2.05, 4.69) is 10.2 Å². The van der Waals surface area contributed by atoms with Crippen LogP contribution in [0, 0.1) is 0 Å². The van der Waals surface area contributed by atoms with Gasteiger partial charge in [-0.2, -0.15) is 0 Å². The van der Waals surface area contributed by atoms with E-state index in [1.54, 1.807) is 47.0 Å². The molecule has 0 spiro atoms. The standard InChI is InChI=1S/C25H21ClN4O2/c26-18-9-11-19(12-10-18)27-23(31)17-8-13-21-22(16-17)28-25(29-14-4-5-15-29)30(24(21)32)20-6-2-1-3-7-20/h1-3,6-13,16H,4-5,14-15H2,(H,27,31). The zero-order valence-corrected chi connectivity index (χ0v) is 18.0. The minimum atomic E-state index is -0.272. The van der Waals surface area contributed by atoms with Crippen molar-refractivity contribution >= 4 is 40.0 Å². The number of hydrogen-bond acceptors (Lipinski definition) is 4. The topological polar surface area (TPSA) is 67.2 Å². The number of anilines is 2. The van der Waals surface area contributed by atoms with Gasteiger partial charge in [-0.05, 0) is 67.4 Å². The Balaban J connectivity index is 1.59. The Morgan fingerprint density at radius 3 is 2.38 bits per heavy atom. The van der Waals surface area contributed by atoms with Crippen molar-refractivity contribution in [2.45, 2.75) is 12.8 Å². The fraction of sp³-hybridized carbons (Fsp3) is 0.160.